The molecule has 0 bridgehead atoms. The van der Waals surface area contributed by atoms with Crippen LogP contribution in [0.1, 0.15) is 6.92 Å². The van der Waals surface area contributed by atoms with E-state index in [1.807, 2.05) is 13.1 Å². The molecule has 2 heterocycles. The topological polar surface area (TPSA) is 70.2 Å². The maximum absolute atomic E-state index is 11.3. The fourth-order valence-corrected chi connectivity index (χ4v) is 2.25. The first-order chi connectivity index (χ1) is 8.63. The highest BCUT2D eigenvalue weighted by molar-refractivity contribution is 8.00. The van der Waals surface area contributed by atoms with Crippen molar-refractivity contribution in [2.24, 2.45) is 7.05 Å². The number of carbonyl (C=O) groups excluding carboxylic acids is 1. The number of hydrogen-bond donors (Lipinski definition) is 0. The Bertz CT molecular complexity index is 536. The average molecular weight is 267 g/mol. The Morgan fingerprint density at radius 3 is 2.94 bits per heavy atom. The molecule has 0 unspecified atom stereocenters. The minimum Gasteiger partial charge on any atom is -0.468 e. The van der Waals surface area contributed by atoms with Crippen LogP contribution in [-0.2, 0) is 16.6 Å². The standard InChI is InChI=1S/C11H13N3O3S/c1-7(10(15)16-3)18-11-13-12-9(14(11)2)8-5-4-6-17-8/h4-7H,1-3H3/t7-/m0/s1. The molecule has 0 saturated carbocycles. The van der Waals surface area contributed by atoms with Crippen molar-refractivity contribution in [2.45, 2.75) is 17.3 Å². The van der Waals surface area contributed by atoms with Crippen LogP contribution in [0.5, 0.6) is 0 Å². The zero-order chi connectivity index (χ0) is 13.1. The monoisotopic (exact) mass is 267 g/mol. The van der Waals surface area contributed by atoms with Crippen LogP contribution in [0.4, 0.5) is 0 Å². The largest absolute Gasteiger partial charge is 0.468 e. The van der Waals surface area contributed by atoms with E-state index in [1.165, 1.54) is 18.9 Å². The number of hydrogen-bond acceptors (Lipinski definition) is 6. The molecule has 0 saturated heterocycles. The molecule has 0 aliphatic carbocycles. The molecular weight excluding hydrogens is 254 g/mol. The molecular formula is C11H13N3O3S. The molecule has 0 amide bonds. The molecule has 2 rings (SSSR count). The highest BCUT2D eigenvalue weighted by atomic mass is 32.2. The number of aromatic nitrogens is 3. The van der Waals surface area contributed by atoms with Crippen LogP contribution in [0, 0.1) is 0 Å². The zero-order valence-electron chi connectivity index (χ0n) is 10.3. The van der Waals surface area contributed by atoms with Crippen molar-refractivity contribution in [1.82, 2.24) is 14.8 Å². The maximum Gasteiger partial charge on any atom is 0.318 e. The lowest BCUT2D eigenvalue weighted by Gasteiger charge is -2.07. The van der Waals surface area contributed by atoms with Gasteiger partial charge in [0.15, 0.2) is 16.7 Å². The molecule has 0 aromatic carbocycles. The summed E-state index contributed by atoms with van der Waals surface area (Å²) in [5.41, 5.74) is 0. The average Bonchev–Trinajstić information content (AvgIpc) is 2.99. The lowest BCUT2D eigenvalue weighted by molar-refractivity contribution is -0.139. The van der Waals surface area contributed by atoms with Crippen LogP contribution >= 0.6 is 11.8 Å². The Labute approximate surface area is 108 Å². The van der Waals surface area contributed by atoms with Crippen molar-refractivity contribution in [3.8, 4) is 11.6 Å². The minimum absolute atomic E-state index is 0.289. The summed E-state index contributed by atoms with van der Waals surface area (Å²) in [5, 5.41) is 8.39. The van der Waals surface area contributed by atoms with E-state index in [-0.39, 0.29) is 11.2 Å². The molecule has 0 fully saturated rings. The van der Waals surface area contributed by atoms with E-state index in [9.17, 15) is 4.79 Å². The first-order valence-electron chi connectivity index (χ1n) is 5.31. The highest BCUT2D eigenvalue weighted by Crippen LogP contribution is 2.26. The van der Waals surface area contributed by atoms with Gasteiger partial charge in [-0.2, -0.15) is 0 Å². The van der Waals surface area contributed by atoms with Gasteiger partial charge in [0.25, 0.3) is 0 Å². The van der Waals surface area contributed by atoms with Gasteiger partial charge in [0.1, 0.15) is 5.25 Å². The second-order valence-corrected chi connectivity index (χ2v) is 4.93. The van der Waals surface area contributed by atoms with Crippen molar-refractivity contribution in [1.29, 1.82) is 0 Å². The van der Waals surface area contributed by atoms with E-state index < -0.39 is 0 Å². The van der Waals surface area contributed by atoms with Crippen LogP contribution in [0.2, 0.25) is 0 Å². The number of methoxy groups -OCH3 is 1. The van der Waals surface area contributed by atoms with Crippen LogP contribution in [0.25, 0.3) is 11.6 Å². The fourth-order valence-electron chi connectivity index (χ4n) is 1.41. The summed E-state index contributed by atoms with van der Waals surface area (Å²) in [7, 11) is 3.19. The number of carbonyl (C=O) groups is 1. The van der Waals surface area contributed by atoms with Gasteiger partial charge in [-0.25, -0.2) is 0 Å². The van der Waals surface area contributed by atoms with E-state index in [0.29, 0.717) is 16.7 Å². The first kappa shape index (κ1) is 12.7. The minimum atomic E-state index is -0.331. The van der Waals surface area contributed by atoms with Gasteiger partial charge in [-0.3, -0.25) is 4.79 Å². The Morgan fingerprint density at radius 1 is 1.56 bits per heavy atom. The predicted octanol–water partition coefficient (Wildman–Crippen LogP) is 1.73. The third kappa shape index (κ3) is 2.40. The summed E-state index contributed by atoms with van der Waals surface area (Å²) in [6.45, 7) is 1.76. The molecule has 7 heteroatoms. The lowest BCUT2D eigenvalue weighted by atomic mass is 10.4. The molecule has 0 aliphatic heterocycles. The van der Waals surface area contributed by atoms with Crippen molar-refractivity contribution in [2.75, 3.05) is 7.11 Å². The van der Waals surface area contributed by atoms with Crippen LogP contribution in [0.3, 0.4) is 0 Å². The van der Waals surface area contributed by atoms with E-state index in [2.05, 4.69) is 14.9 Å². The van der Waals surface area contributed by atoms with Gasteiger partial charge in [0.05, 0.1) is 13.4 Å². The summed E-state index contributed by atoms with van der Waals surface area (Å²) in [5.74, 6) is 0.977. The molecule has 18 heavy (non-hydrogen) atoms. The van der Waals surface area contributed by atoms with Gasteiger partial charge >= 0.3 is 5.97 Å². The van der Waals surface area contributed by atoms with Crippen LogP contribution in [-0.4, -0.2) is 33.1 Å². The predicted molar refractivity (Wildman–Crippen MR) is 66.0 cm³/mol. The van der Waals surface area contributed by atoms with Gasteiger partial charge in [0, 0.05) is 7.05 Å². The summed E-state index contributed by atoms with van der Waals surface area (Å²) in [4.78, 5) is 11.3. The van der Waals surface area contributed by atoms with Crippen molar-refractivity contribution < 1.29 is 13.9 Å². The smallest absolute Gasteiger partial charge is 0.318 e. The van der Waals surface area contributed by atoms with Crippen molar-refractivity contribution in [3.63, 3.8) is 0 Å². The molecule has 96 valence electrons. The summed E-state index contributed by atoms with van der Waals surface area (Å²) in [6.07, 6.45) is 1.58. The van der Waals surface area contributed by atoms with E-state index in [1.54, 1.807) is 23.8 Å². The fraction of sp³-hybridized carbons (Fsp3) is 0.364. The number of ether oxygens (including phenoxy) is 1. The summed E-state index contributed by atoms with van der Waals surface area (Å²) in [6, 6.07) is 3.59. The SMILES string of the molecule is COC(=O)[C@H](C)Sc1nnc(-c2ccco2)n1C. The summed E-state index contributed by atoms with van der Waals surface area (Å²) >= 11 is 1.29. The first-order valence-corrected chi connectivity index (χ1v) is 6.19. The summed E-state index contributed by atoms with van der Waals surface area (Å²) < 4.78 is 11.7. The quantitative estimate of drug-likeness (QED) is 0.620. The van der Waals surface area contributed by atoms with Crippen LogP contribution < -0.4 is 0 Å². The Balaban J connectivity index is 2.19. The zero-order valence-corrected chi connectivity index (χ0v) is 11.1. The second-order valence-electron chi connectivity index (χ2n) is 3.63. The van der Waals surface area contributed by atoms with E-state index in [4.69, 9.17) is 4.42 Å². The van der Waals surface area contributed by atoms with E-state index in [0.717, 1.165) is 0 Å². The Hall–Kier alpha value is -1.76. The molecule has 0 radical (unpaired) electrons. The maximum atomic E-state index is 11.3. The van der Waals surface area contributed by atoms with Crippen molar-refractivity contribution >= 4 is 17.7 Å². The molecule has 2 aromatic rings. The van der Waals surface area contributed by atoms with Gasteiger partial charge < -0.3 is 13.7 Å². The third-order valence-corrected chi connectivity index (χ3v) is 3.50. The molecule has 6 nitrogen and oxygen atoms in total. The Morgan fingerprint density at radius 2 is 2.33 bits per heavy atom. The second kappa shape index (κ2) is 5.26. The van der Waals surface area contributed by atoms with Gasteiger partial charge in [-0.15, -0.1) is 10.2 Å². The molecule has 0 spiro atoms. The van der Waals surface area contributed by atoms with Gasteiger partial charge in [-0.05, 0) is 19.1 Å². The lowest BCUT2D eigenvalue weighted by Crippen LogP contribution is -2.15. The molecule has 2 aromatic heterocycles. The number of thioether (sulfide) groups is 1. The molecule has 0 aliphatic rings. The number of esters is 1. The van der Waals surface area contributed by atoms with Gasteiger partial charge in [0.2, 0.25) is 0 Å². The third-order valence-electron chi connectivity index (χ3n) is 2.39. The number of nitrogens with zero attached hydrogens (tertiary/aromatic N) is 3. The molecule has 1 atom stereocenters. The van der Waals surface area contributed by atoms with Crippen LogP contribution in [0.15, 0.2) is 28.0 Å². The van der Waals surface area contributed by atoms with Gasteiger partial charge in [-0.1, -0.05) is 11.8 Å². The molecule has 0 N–H and O–H groups in total. The van der Waals surface area contributed by atoms with E-state index >= 15 is 0 Å². The number of rotatable bonds is 4. The highest BCUT2D eigenvalue weighted by Gasteiger charge is 2.20. The Kier molecular flexibility index (Phi) is 3.71. The number of furan rings is 1. The normalized spacial score (nSPS) is 12.4. The van der Waals surface area contributed by atoms with Crippen molar-refractivity contribution in [3.05, 3.63) is 18.4 Å².